The number of benzene rings is 1. The van der Waals surface area contributed by atoms with Crippen LogP contribution in [0.25, 0.3) is 0 Å². The SMILES string of the molecule is C=CC(C)C(=O)C1CSCC(=O)N[C@@H](CCCCC)C(=O)NC(S)C(=O)N[C@@H](CCCN=C(N)N)C(=O)NCC(=O)NC(CC(=O)O)C(=C2CC2)NC(S)C(=O)N[C@@H](Cc2ccccc2)C(=O)N1. The van der Waals surface area contributed by atoms with Gasteiger partial charge in [-0.3, -0.25) is 48.1 Å². The number of nitrogens with two attached hydrogens (primary N) is 2. The van der Waals surface area contributed by atoms with Crippen molar-refractivity contribution >= 4 is 96.1 Å². The van der Waals surface area contributed by atoms with Crippen molar-refractivity contribution in [1.82, 2.24) is 42.5 Å². The third kappa shape index (κ3) is 20.2. The Hall–Kier alpha value is -5.75. The van der Waals surface area contributed by atoms with Crippen molar-refractivity contribution in [2.45, 2.75) is 119 Å². The van der Waals surface area contributed by atoms with E-state index in [-0.39, 0.29) is 55.4 Å². The predicted octanol–water partition coefficient (Wildman–Crippen LogP) is -0.719. The minimum atomic E-state index is -1.51. The van der Waals surface area contributed by atoms with Gasteiger partial charge >= 0.3 is 5.97 Å². The highest BCUT2D eigenvalue weighted by Crippen LogP contribution is 2.33. The molecule has 13 N–H and O–H groups in total. The van der Waals surface area contributed by atoms with Crippen molar-refractivity contribution in [3.63, 3.8) is 0 Å². The fourth-order valence-electron chi connectivity index (χ4n) is 6.84. The zero-order chi connectivity index (χ0) is 50.3. The molecule has 1 aliphatic carbocycles. The number of nitrogens with one attached hydrogen (secondary N) is 8. The van der Waals surface area contributed by atoms with Crippen LogP contribution in [0.1, 0.15) is 77.2 Å². The number of carboxylic acid groups (broad SMARTS) is 1. The second-order valence-electron chi connectivity index (χ2n) is 16.3. The van der Waals surface area contributed by atoms with Gasteiger partial charge in [-0.2, -0.15) is 0 Å². The number of Topliss-reactive ketones (excluding diaryl/α,β-unsaturated/α-hetero) is 1. The Morgan fingerprint density at radius 1 is 0.794 bits per heavy atom. The smallest absolute Gasteiger partial charge is 0.305 e. The molecule has 2 aliphatic rings. The predicted molar refractivity (Wildman–Crippen MR) is 264 cm³/mol. The van der Waals surface area contributed by atoms with E-state index in [1.54, 1.807) is 37.3 Å². The summed E-state index contributed by atoms with van der Waals surface area (Å²) in [4.78, 5) is 125. The third-order valence-electron chi connectivity index (χ3n) is 10.7. The van der Waals surface area contributed by atoms with E-state index in [2.05, 4.69) is 79.4 Å². The van der Waals surface area contributed by atoms with Gasteiger partial charge in [-0.05, 0) is 43.2 Å². The van der Waals surface area contributed by atoms with Crippen LogP contribution in [0.5, 0.6) is 0 Å². The number of hydrogen-bond acceptors (Lipinski definition) is 14. The van der Waals surface area contributed by atoms with Crippen molar-refractivity contribution in [3.8, 4) is 0 Å². The minimum Gasteiger partial charge on any atom is -0.481 e. The number of aliphatic carboxylic acids is 1. The highest BCUT2D eigenvalue weighted by molar-refractivity contribution is 8.00. The van der Waals surface area contributed by atoms with Crippen LogP contribution in [0.3, 0.4) is 0 Å². The molecule has 0 aromatic heterocycles. The lowest BCUT2D eigenvalue weighted by Crippen LogP contribution is -2.56. The second kappa shape index (κ2) is 29.2. The van der Waals surface area contributed by atoms with Gasteiger partial charge in [-0.1, -0.05) is 69.5 Å². The standard InChI is InChI=1S/C44H65N11O10S3/c1-4-6-8-14-28-38(62)55-43(67)41(65)51-27(15-11-18-47-44(45)46)37(61)48-21-32(56)50-29(20-34(58)59)35(26-16-17-26)54-42(66)40(64)52-30(19-25-12-9-7-10-13-25)39(63)53-31(36(60)24(3)5-2)22-68-23-33(57)49-28/h5,7,9-10,12-13,24,27-31,42-43,54,66-67H,2,4,6,8,11,14-23H2,1,3H3,(H,48,61)(H,49,57)(H,50,56)(H,51,65)(H,52,64)(H,53,63)(H,55,62)(H,58,59)(H4,45,46,47)/t24?,27-,28-,29?,30-,31?,42?,43?/m0/s1. The molecule has 1 aliphatic heterocycles. The van der Waals surface area contributed by atoms with Gasteiger partial charge in [0.25, 0.3) is 11.8 Å². The Morgan fingerprint density at radius 3 is 2.01 bits per heavy atom. The van der Waals surface area contributed by atoms with E-state index in [4.69, 9.17) is 11.5 Å². The number of thiol groups is 2. The lowest BCUT2D eigenvalue weighted by atomic mass is 10.00. The average Bonchev–Trinajstić information content (AvgIpc) is 4.14. The number of guanidine groups is 1. The normalized spacial score (nSPS) is 24.7. The second-order valence-corrected chi connectivity index (χ2v) is 18.4. The van der Waals surface area contributed by atoms with Gasteiger partial charge in [0.15, 0.2) is 17.1 Å². The molecule has 2 fully saturated rings. The van der Waals surface area contributed by atoms with E-state index in [1.165, 1.54) is 6.08 Å². The van der Waals surface area contributed by atoms with E-state index in [0.29, 0.717) is 30.4 Å². The van der Waals surface area contributed by atoms with E-state index in [1.807, 2.05) is 6.92 Å². The Kier molecular flexibility index (Phi) is 24.3. The molecule has 24 heteroatoms. The maximum absolute atomic E-state index is 14.1. The summed E-state index contributed by atoms with van der Waals surface area (Å²) in [5, 5.41) is 28.1. The molecule has 0 radical (unpaired) electrons. The molecule has 5 unspecified atom stereocenters. The fourth-order valence-corrected chi connectivity index (χ4v) is 8.12. The molecule has 1 aromatic rings. The summed E-state index contributed by atoms with van der Waals surface area (Å²) in [6.45, 7) is 6.67. The molecule has 3 rings (SSSR count). The molecule has 0 spiro atoms. The summed E-state index contributed by atoms with van der Waals surface area (Å²) in [5.41, 5.74) is 12.4. The maximum atomic E-state index is 14.1. The topological polar surface area (TPSA) is 334 Å². The van der Waals surface area contributed by atoms with Crippen molar-refractivity contribution in [1.29, 1.82) is 0 Å². The van der Waals surface area contributed by atoms with E-state index in [9.17, 15) is 48.3 Å². The summed E-state index contributed by atoms with van der Waals surface area (Å²) in [6.07, 6.45) is 4.22. The number of amides is 7. The van der Waals surface area contributed by atoms with E-state index < -0.39 is 113 Å². The largest absolute Gasteiger partial charge is 0.481 e. The highest BCUT2D eigenvalue weighted by atomic mass is 32.2. The van der Waals surface area contributed by atoms with Crippen molar-refractivity contribution in [3.05, 3.63) is 59.8 Å². The van der Waals surface area contributed by atoms with Gasteiger partial charge in [0, 0.05) is 30.3 Å². The van der Waals surface area contributed by atoms with Crippen LogP contribution in [0.15, 0.2) is 59.2 Å². The van der Waals surface area contributed by atoms with Crippen LogP contribution in [0, 0.1) is 5.92 Å². The summed E-state index contributed by atoms with van der Waals surface area (Å²) >= 11 is 9.77. The number of carboxylic acids is 1. The van der Waals surface area contributed by atoms with Crippen LogP contribution in [-0.4, -0.2) is 130 Å². The minimum absolute atomic E-state index is 0.0172. The molecule has 68 heavy (non-hydrogen) atoms. The quantitative estimate of drug-likeness (QED) is 0.0339. The number of unbranched alkanes of at least 4 members (excludes halogenated alkanes) is 2. The number of carbonyl (C=O) groups is 9. The van der Waals surface area contributed by atoms with Crippen molar-refractivity contribution in [2.75, 3.05) is 24.6 Å². The molecule has 7 amide bonds. The highest BCUT2D eigenvalue weighted by Gasteiger charge is 2.34. The number of aliphatic imine (C=N–C) groups is 1. The first kappa shape index (κ1) is 56.6. The van der Waals surface area contributed by atoms with Crippen LogP contribution in [-0.2, 0) is 49.6 Å². The van der Waals surface area contributed by atoms with E-state index in [0.717, 1.165) is 24.6 Å². The first-order chi connectivity index (χ1) is 32.3. The summed E-state index contributed by atoms with van der Waals surface area (Å²) in [5.74, 6) is -8.33. The van der Waals surface area contributed by atoms with E-state index >= 15 is 0 Å². The summed E-state index contributed by atoms with van der Waals surface area (Å²) in [6, 6.07) is 2.71. The average molecular weight is 1000 g/mol. The fraction of sp³-hybridized carbons (Fsp3) is 0.545. The molecule has 8 atom stereocenters. The lowest BCUT2D eigenvalue weighted by molar-refractivity contribution is -0.137. The number of carbonyl (C=O) groups excluding carboxylic acids is 8. The Balaban J connectivity index is 2.03. The molecule has 1 saturated carbocycles. The molecule has 0 bridgehead atoms. The number of rotatable bonds is 15. The number of allylic oxidation sites excluding steroid dienone is 2. The number of nitrogens with zero attached hydrogens (tertiary/aromatic N) is 1. The zero-order valence-electron chi connectivity index (χ0n) is 38.2. The van der Waals surface area contributed by atoms with Gasteiger partial charge in [0.05, 0.1) is 30.8 Å². The van der Waals surface area contributed by atoms with Gasteiger partial charge in [-0.25, -0.2) is 0 Å². The zero-order valence-corrected chi connectivity index (χ0v) is 40.8. The molecular weight excluding hydrogens is 939 g/mol. The van der Waals surface area contributed by atoms with Gasteiger partial charge in [0.1, 0.15) is 23.5 Å². The molecule has 1 saturated heterocycles. The van der Waals surface area contributed by atoms with Crippen LogP contribution < -0.4 is 54.0 Å². The van der Waals surface area contributed by atoms with Crippen LogP contribution >= 0.6 is 37.0 Å². The molecule has 21 nitrogen and oxygen atoms in total. The van der Waals surface area contributed by atoms with Gasteiger partial charge < -0.3 is 59.1 Å². The molecule has 374 valence electrons. The molecule has 1 heterocycles. The van der Waals surface area contributed by atoms with Crippen LogP contribution in [0.4, 0.5) is 0 Å². The van der Waals surface area contributed by atoms with Crippen LogP contribution in [0.2, 0.25) is 0 Å². The monoisotopic (exact) mass is 1000 g/mol. The first-order valence-electron chi connectivity index (χ1n) is 22.3. The number of thioether (sulfide) groups is 1. The third-order valence-corrected chi connectivity index (χ3v) is 12.4. The summed E-state index contributed by atoms with van der Waals surface area (Å²) < 4.78 is 0. The van der Waals surface area contributed by atoms with Gasteiger partial charge in [-0.15, -0.1) is 43.6 Å². The van der Waals surface area contributed by atoms with Crippen molar-refractivity contribution in [2.24, 2.45) is 22.4 Å². The maximum Gasteiger partial charge on any atom is 0.305 e. The number of hydrogen-bond donors (Lipinski definition) is 13. The van der Waals surface area contributed by atoms with Crippen molar-refractivity contribution < 1.29 is 48.3 Å². The molecular formula is C44H65N11O10S3. The Morgan fingerprint density at radius 2 is 1.40 bits per heavy atom. The Labute approximate surface area is 411 Å². The molecule has 1 aromatic carbocycles. The number of ketones is 1. The summed E-state index contributed by atoms with van der Waals surface area (Å²) in [7, 11) is 0. The van der Waals surface area contributed by atoms with Gasteiger partial charge in [0.2, 0.25) is 29.5 Å². The Bertz CT molecular complexity index is 2030. The first-order valence-corrected chi connectivity index (χ1v) is 24.5. The lowest BCUT2D eigenvalue weighted by Gasteiger charge is -2.27.